The maximum atomic E-state index is 3.43. The zero-order chi connectivity index (χ0) is 11.2. The van der Waals surface area contributed by atoms with Gasteiger partial charge in [-0.1, -0.05) is 25.8 Å². The fourth-order valence-corrected chi connectivity index (χ4v) is 3.27. The van der Waals surface area contributed by atoms with E-state index in [-0.39, 0.29) is 0 Å². The summed E-state index contributed by atoms with van der Waals surface area (Å²) in [7, 11) is 0. The van der Waals surface area contributed by atoms with Crippen molar-refractivity contribution in [1.29, 1.82) is 0 Å². The molecule has 0 unspecified atom stereocenters. The van der Waals surface area contributed by atoms with E-state index in [0.717, 1.165) is 13.1 Å². The molecule has 1 aliphatic rings. The Kier molecular flexibility index (Phi) is 4.82. The van der Waals surface area contributed by atoms with Gasteiger partial charge in [-0.05, 0) is 17.9 Å². The number of rotatable bonds is 5. The molecule has 0 amide bonds. The number of nitrogens with one attached hydrogen (secondary N) is 1. The minimum absolute atomic E-state index is 0.669. The summed E-state index contributed by atoms with van der Waals surface area (Å²) in [6.45, 7) is 6.98. The Labute approximate surface area is 103 Å². The van der Waals surface area contributed by atoms with E-state index < -0.39 is 0 Å². The van der Waals surface area contributed by atoms with Crippen molar-refractivity contribution in [1.82, 2.24) is 10.2 Å². The first-order valence-corrected chi connectivity index (χ1v) is 7.28. The molecule has 1 N–H and O–H groups in total. The summed E-state index contributed by atoms with van der Waals surface area (Å²) in [5, 5.41) is 5.64. The molecular weight excluding hydrogens is 216 g/mol. The smallest absolute Gasteiger partial charge is 0.0442 e. The summed E-state index contributed by atoms with van der Waals surface area (Å²) in [5.74, 6) is 0. The monoisotopic (exact) mass is 238 g/mol. The molecule has 0 aromatic carbocycles. The molecular formula is C13H22N2S. The van der Waals surface area contributed by atoms with E-state index in [1.807, 2.05) is 11.3 Å². The van der Waals surface area contributed by atoms with Gasteiger partial charge in [-0.25, -0.2) is 0 Å². The van der Waals surface area contributed by atoms with Crippen LogP contribution in [0.1, 0.15) is 37.1 Å². The lowest BCUT2D eigenvalue weighted by atomic mass is 10.1. The number of thiophene rings is 1. The minimum atomic E-state index is 0.669. The summed E-state index contributed by atoms with van der Waals surface area (Å²) in [6.07, 6.45) is 3.96. The molecule has 2 nitrogen and oxygen atoms in total. The third-order valence-corrected chi connectivity index (χ3v) is 4.27. The molecule has 90 valence electrons. The van der Waals surface area contributed by atoms with E-state index in [0.29, 0.717) is 6.04 Å². The van der Waals surface area contributed by atoms with Crippen LogP contribution in [0.5, 0.6) is 0 Å². The highest BCUT2D eigenvalue weighted by Crippen LogP contribution is 2.29. The highest BCUT2D eigenvalue weighted by atomic mass is 32.1. The van der Waals surface area contributed by atoms with E-state index in [1.165, 1.54) is 32.4 Å². The van der Waals surface area contributed by atoms with Crippen LogP contribution < -0.4 is 5.32 Å². The van der Waals surface area contributed by atoms with Gasteiger partial charge >= 0.3 is 0 Å². The van der Waals surface area contributed by atoms with Crippen LogP contribution in [0.15, 0.2) is 17.5 Å². The SMILES string of the molecule is CCCC[C@@H](c1cccs1)N1CCNCC1. The molecule has 3 heteroatoms. The quantitative estimate of drug-likeness (QED) is 0.848. The minimum Gasteiger partial charge on any atom is -0.314 e. The van der Waals surface area contributed by atoms with Crippen molar-refractivity contribution in [3.63, 3.8) is 0 Å². The van der Waals surface area contributed by atoms with Crippen LogP contribution >= 0.6 is 11.3 Å². The van der Waals surface area contributed by atoms with Gasteiger partial charge in [0.25, 0.3) is 0 Å². The summed E-state index contributed by atoms with van der Waals surface area (Å²) in [5.41, 5.74) is 0. The Bertz CT molecular complexity index is 278. The van der Waals surface area contributed by atoms with E-state index in [4.69, 9.17) is 0 Å². The molecule has 0 radical (unpaired) electrons. The number of unbranched alkanes of at least 4 members (excludes halogenated alkanes) is 1. The molecule has 0 bridgehead atoms. The molecule has 1 fully saturated rings. The van der Waals surface area contributed by atoms with Gasteiger partial charge in [-0.2, -0.15) is 0 Å². The van der Waals surface area contributed by atoms with Crippen LogP contribution in [0, 0.1) is 0 Å². The zero-order valence-corrected chi connectivity index (χ0v) is 10.9. The van der Waals surface area contributed by atoms with Crippen LogP contribution in [0.4, 0.5) is 0 Å². The van der Waals surface area contributed by atoms with Gasteiger partial charge in [0.2, 0.25) is 0 Å². The second-order valence-electron chi connectivity index (χ2n) is 4.46. The predicted octanol–water partition coefficient (Wildman–Crippen LogP) is 2.88. The number of hydrogen-bond acceptors (Lipinski definition) is 3. The molecule has 2 heterocycles. The standard InChI is InChI=1S/C13H22N2S/c1-2-3-5-12(13-6-4-11-16-13)15-9-7-14-8-10-15/h4,6,11-12,14H,2-3,5,7-10H2,1H3/t12-/m0/s1. The summed E-state index contributed by atoms with van der Waals surface area (Å²) in [4.78, 5) is 4.20. The molecule has 0 aliphatic carbocycles. The molecule has 16 heavy (non-hydrogen) atoms. The van der Waals surface area contributed by atoms with Crippen LogP contribution in [-0.4, -0.2) is 31.1 Å². The summed E-state index contributed by atoms with van der Waals surface area (Å²) >= 11 is 1.91. The molecule has 1 aromatic heterocycles. The van der Waals surface area contributed by atoms with Crippen LogP contribution in [0.3, 0.4) is 0 Å². The van der Waals surface area contributed by atoms with E-state index >= 15 is 0 Å². The van der Waals surface area contributed by atoms with Crippen LogP contribution in [-0.2, 0) is 0 Å². The van der Waals surface area contributed by atoms with Crippen molar-refractivity contribution < 1.29 is 0 Å². The zero-order valence-electron chi connectivity index (χ0n) is 10.1. The van der Waals surface area contributed by atoms with Crippen molar-refractivity contribution >= 4 is 11.3 Å². The Morgan fingerprint density at radius 3 is 2.88 bits per heavy atom. The van der Waals surface area contributed by atoms with Gasteiger partial charge in [0, 0.05) is 37.1 Å². The van der Waals surface area contributed by atoms with E-state index in [1.54, 1.807) is 4.88 Å². The predicted molar refractivity (Wildman–Crippen MR) is 71.0 cm³/mol. The third kappa shape index (κ3) is 3.06. The Balaban J connectivity index is 2.01. The molecule has 1 aromatic rings. The largest absolute Gasteiger partial charge is 0.314 e. The lowest BCUT2D eigenvalue weighted by Crippen LogP contribution is -2.45. The summed E-state index contributed by atoms with van der Waals surface area (Å²) < 4.78 is 0. The van der Waals surface area contributed by atoms with Gasteiger partial charge < -0.3 is 5.32 Å². The van der Waals surface area contributed by atoms with Crippen molar-refractivity contribution in [2.45, 2.75) is 32.2 Å². The average molecular weight is 238 g/mol. The van der Waals surface area contributed by atoms with Gasteiger partial charge in [0.15, 0.2) is 0 Å². The summed E-state index contributed by atoms with van der Waals surface area (Å²) in [6, 6.07) is 5.15. The van der Waals surface area contributed by atoms with Gasteiger partial charge in [-0.3, -0.25) is 4.90 Å². The Hall–Kier alpha value is -0.380. The van der Waals surface area contributed by atoms with Crippen molar-refractivity contribution in [3.8, 4) is 0 Å². The number of hydrogen-bond donors (Lipinski definition) is 1. The van der Waals surface area contributed by atoms with Crippen LogP contribution in [0.2, 0.25) is 0 Å². The maximum Gasteiger partial charge on any atom is 0.0442 e. The molecule has 0 spiro atoms. The number of nitrogens with zero attached hydrogens (tertiary/aromatic N) is 1. The van der Waals surface area contributed by atoms with Gasteiger partial charge in [0.1, 0.15) is 0 Å². The van der Waals surface area contributed by atoms with Crippen LogP contribution in [0.25, 0.3) is 0 Å². The molecule has 2 rings (SSSR count). The van der Waals surface area contributed by atoms with Gasteiger partial charge in [-0.15, -0.1) is 11.3 Å². The lowest BCUT2D eigenvalue weighted by molar-refractivity contribution is 0.165. The molecule has 1 atom stereocenters. The van der Waals surface area contributed by atoms with Crippen molar-refractivity contribution in [2.75, 3.05) is 26.2 Å². The Morgan fingerprint density at radius 2 is 2.25 bits per heavy atom. The highest BCUT2D eigenvalue weighted by Gasteiger charge is 2.21. The molecule has 0 saturated carbocycles. The van der Waals surface area contributed by atoms with Crippen molar-refractivity contribution in [3.05, 3.63) is 22.4 Å². The second-order valence-corrected chi connectivity index (χ2v) is 5.44. The first kappa shape index (κ1) is 12.1. The average Bonchev–Trinajstić information content (AvgIpc) is 2.85. The lowest BCUT2D eigenvalue weighted by Gasteiger charge is -2.34. The fourth-order valence-electron chi connectivity index (χ4n) is 2.38. The third-order valence-electron chi connectivity index (χ3n) is 3.30. The fraction of sp³-hybridized carbons (Fsp3) is 0.692. The Morgan fingerprint density at radius 1 is 1.44 bits per heavy atom. The van der Waals surface area contributed by atoms with Crippen molar-refractivity contribution in [2.24, 2.45) is 0 Å². The van der Waals surface area contributed by atoms with E-state index in [9.17, 15) is 0 Å². The second kappa shape index (κ2) is 6.38. The first-order valence-electron chi connectivity index (χ1n) is 6.40. The number of piperazine rings is 1. The van der Waals surface area contributed by atoms with E-state index in [2.05, 4.69) is 34.7 Å². The normalized spacial score (nSPS) is 19.8. The first-order chi connectivity index (χ1) is 7.92. The topological polar surface area (TPSA) is 15.3 Å². The molecule has 1 aliphatic heterocycles. The maximum absolute atomic E-state index is 3.43. The highest BCUT2D eigenvalue weighted by molar-refractivity contribution is 7.10. The molecule has 1 saturated heterocycles. The van der Waals surface area contributed by atoms with Gasteiger partial charge in [0.05, 0.1) is 0 Å².